The van der Waals surface area contributed by atoms with Crippen molar-refractivity contribution in [1.82, 2.24) is 15.1 Å². The lowest BCUT2D eigenvalue weighted by Gasteiger charge is -2.38. The number of hydrogen-bond donors (Lipinski definition) is 1. The molecular weight excluding hydrogens is 494 g/mol. The molecule has 0 bridgehead atoms. The van der Waals surface area contributed by atoms with Gasteiger partial charge in [-0.2, -0.15) is 0 Å². The number of nitrogens with zero attached hydrogens (tertiary/aromatic N) is 2. The summed E-state index contributed by atoms with van der Waals surface area (Å²) in [4.78, 5) is 29.8. The molecule has 2 aliphatic heterocycles. The molecule has 1 spiro atoms. The Morgan fingerprint density at radius 2 is 1.65 bits per heavy atom. The number of rotatable bonds is 9. The number of ether oxygens (including phenoxy) is 3. The molecule has 0 saturated carbocycles. The number of likely N-dealkylation sites (tertiary alicyclic amines) is 2. The smallest absolute Gasteiger partial charge is 0.407 e. The summed E-state index contributed by atoms with van der Waals surface area (Å²) < 4.78 is 15.4. The van der Waals surface area contributed by atoms with Crippen molar-refractivity contribution >= 4 is 24.4 Å². The largest absolute Gasteiger partial charge is 0.497 e. The average molecular weight is 532 g/mol. The maximum Gasteiger partial charge on any atom is 0.407 e. The van der Waals surface area contributed by atoms with Gasteiger partial charge in [-0.25, -0.2) is 4.79 Å². The maximum absolute atomic E-state index is 13.4. The minimum atomic E-state index is -0.450. The fraction of sp³-hybridized carbons (Fsp3) is 0.500. The first-order chi connectivity index (χ1) is 17.5. The average Bonchev–Trinajstić information content (AvgIpc) is 3.22. The van der Waals surface area contributed by atoms with Crippen molar-refractivity contribution < 1.29 is 23.8 Å². The van der Waals surface area contributed by atoms with Crippen molar-refractivity contribution in [2.24, 2.45) is 5.41 Å². The zero-order chi connectivity index (χ0) is 25.5. The number of nitrogens with one attached hydrogen (secondary N) is 1. The van der Waals surface area contributed by atoms with Crippen molar-refractivity contribution in [3.63, 3.8) is 0 Å². The first-order valence-corrected chi connectivity index (χ1v) is 12.6. The zero-order valence-corrected chi connectivity index (χ0v) is 22.7. The van der Waals surface area contributed by atoms with Crippen molar-refractivity contribution in [3.05, 3.63) is 59.7 Å². The van der Waals surface area contributed by atoms with E-state index in [-0.39, 0.29) is 23.9 Å². The summed E-state index contributed by atoms with van der Waals surface area (Å²) in [6.45, 7) is 4.05. The topological polar surface area (TPSA) is 80.3 Å². The molecule has 37 heavy (non-hydrogen) atoms. The second kappa shape index (κ2) is 13.0. The predicted octanol–water partition coefficient (Wildman–Crippen LogP) is 4.43. The van der Waals surface area contributed by atoms with Crippen molar-refractivity contribution in [2.75, 3.05) is 47.5 Å². The van der Waals surface area contributed by atoms with Gasteiger partial charge < -0.3 is 29.3 Å². The molecule has 2 heterocycles. The number of piperidine rings is 1. The van der Waals surface area contributed by atoms with Crippen molar-refractivity contribution in [2.45, 2.75) is 38.3 Å². The Morgan fingerprint density at radius 1 is 0.973 bits per heavy atom. The first-order valence-electron chi connectivity index (χ1n) is 12.6. The highest BCUT2D eigenvalue weighted by Gasteiger charge is 2.47. The number of amides is 2. The monoisotopic (exact) mass is 531 g/mol. The lowest BCUT2D eigenvalue weighted by molar-refractivity contribution is -0.138. The molecule has 1 N–H and O–H groups in total. The first kappa shape index (κ1) is 28.6. The molecule has 2 fully saturated rings. The molecular formula is C28H38ClN3O5. The van der Waals surface area contributed by atoms with Gasteiger partial charge in [0.2, 0.25) is 5.91 Å². The molecule has 8 nitrogen and oxygen atoms in total. The molecule has 4 rings (SSSR count). The van der Waals surface area contributed by atoms with E-state index < -0.39 is 6.09 Å². The third kappa shape index (κ3) is 6.87. The van der Waals surface area contributed by atoms with Crippen LogP contribution in [-0.4, -0.2) is 69.3 Å². The van der Waals surface area contributed by atoms with E-state index >= 15 is 0 Å². The van der Waals surface area contributed by atoms with Crippen molar-refractivity contribution in [1.29, 1.82) is 0 Å². The Hall–Kier alpha value is -2.97. The molecule has 2 amide bonds. The Labute approximate surface area is 225 Å². The Balaban J connectivity index is 0.00000380. The van der Waals surface area contributed by atoms with Crippen LogP contribution >= 0.6 is 12.4 Å². The molecule has 0 aromatic heterocycles. The van der Waals surface area contributed by atoms with Gasteiger partial charge in [-0.05, 0) is 74.2 Å². The number of carbonyl (C=O) groups excluding carboxylic acids is 2. The Kier molecular flexibility index (Phi) is 10.1. The van der Waals surface area contributed by atoms with Crippen molar-refractivity contribution in [3.8, 4) is 11.5 Å². The van der Waals surface area contributed by atoms with Gasteiger partial charge in [0.1, 0.15) is 11.5 Å². The normalized spacial score (nSPS) is 17.7. The number of hydrogen-bond acceptors (Lipinski definition) is 6. The van der Waals surface area contributed by atoms with Gasteiger partial charge in [-0.1, -0.05) is 24.3 Å². The summed E-state index contributed by atoms with van der Waals surface area (Å²) >= 11 is 0. The van der Waals surface area contributed by atoms with E-state index in [1.165, 1.54) is 7.11 Å². The number of carbonyl (C=O) groups is 2. The molecule has 2 aromatic rings. The Bertz CT molecular complexity index is 1040. The van der Waals surface area contributed by atoms with E-state index in [9.17, 15) is 9.59 Å². The molecule has 2 aromatic carbocycles. The molecule has 202 valence electrons. The molecule has 2 saturated heterocycles. The third-order valence-electron chi connectivity index (χ3n) is 7.65. The van der Waals surface area contributed by atoms with E-state index in [0.29, 0.717) is 12.5 Å². The number of benzene rings is 2. The van der Waals surface area contributed by atoms with Crippen LogP contribution in [0.3, 0.4) is 0 Å². The van der Waals surface area contributed by atoms with E-state index in [2.05, 4.69) is 10.2 Å². The van der Waals surface area contributed by atoms with Gasteiger partial charge in [0, 0.05) is 19.6 Å². The quantitative estimate of drug-likeness (QED) is 0.515. The molecule has 9 heteroatoms. The molecule has 0 aliphatic carbocycles. The molecule has 0 radical (unpaired) electrons. The second-order valence-electron chi connectivity index (χ2n) is 9.70. The summed E-state index contributed by atoms with van der Waals surface area (Å²) in [6.07, 6.45) is 2.96. The van der Waals surface area contributed by atoms with Crippen LogP contribution in [-0.2, 0) is 16.1 Å². The minimum absolute atomic E-state index is 0. The van der Waals surface area contributed by atoms with Crippen LogP contribution in [0.15, 0.2) is 48.5 Å². The summed E-state index contributed by atoms with van der Waals surface area (Å²) in [6, 6.07) is 15.5. The summed E-state index contributed by atoms with van der Waals surface area (Å²) in [7, 11) is 4.66. The van der Waals surface area contributed by atoms with E-state index in [0.717, 1.165) is 74.5 Å². The third-order valence-corrected chi connectivity index (χ3v) is 7.65. The lowest BCUT2D eigenvalue weighted by Crippen LogP contribution is -2.45. The van der Waals surface area contributed by atoms with E-state index in [1.807, 2.05) is 53.4 Å². The SMILES string of the molecule is COC(=O)NC(CCN1CCC2(CC1)CCN(Cc1ccc(OC)cc1)C2=O)c1cccc(OC)c1.Cl. The standard InChI is InChI=1S/C28H37N3O5.ClH/c1-34-23-9-7-21(8-10-23)20-31-18-14-28(26(31)32)12-16-30(17-13-28)15-11-25(29-27(33)36-3)22-5-4-6-24(19-22)35-2;/h4-10,19,25H,11-18,20H2,1-3H3,(H,29,33);1H. The van der Waals surface area contributed by atoms with Crippen LogP contribution in [0.5, 0.6) is 11.5 Å². The molecule has 1 atom stereocenters. The van der Waals surface area contributed by atoms with Gasteiger partial charge in [-0.3, -0.25) is 4.79 Å². The lowest BCUT2D eigenvalue weighted by atomic mass is 9.77. The summed E-state index contributed by atoms with van der Waals surface area (Å²) in [5.74, 6) is 1.87. The number of halogens is 1. The molecule has 2 aliphatic rings. The zero-order valence-electron chi connectivity index (χ0n) is 21.9. The highest BCUT2D eigenvalue weighted by molar-refractivity contribution is 5.85. The summed E-state index contributed by atoms with van der Waals surface area (Å²) in [5.41, 5.74) is 1.87. The Morgan fingerprint density at radius 3 is 2.30 bits per heavy atom. The highest BCUT2D eigenvalue weighted by atomic mass is 35.5. The maximum atomic E-state index is 13.4. The van der Waals surface area contributed by atoms with Gasteiger partial charge in [-0.15, -0.1) is 12.4 Å². The minimum Gasteiger partial charge on any atom is -0.497 e. The van der Waals surface area contributed by atoms with Gasteiger partial charge in [0.05, 0.1) is 32.8 Å². The van der Waals surface area contributed by atoms with Crippen LogP contribution < -0.4 is 14.8 Å². The van der Waals surface area contributed by atoms with E-state index in [1.54, 1.807) is 14.2 Å². The van der Waals surface area contributed by atoms with Crippen LogP contribution in [0.1, 0.15) is 42.9 Å². The fourth-order valence-electron chi connectivity index (χ4n) is 5.36. The number of methoxy groups -OCH3 is 3. The van der Waals surface area contributed by atoms with Crippen LogP contribution in [0.4, 0.5) is 4.79 Å². The predicted molar refractivity (Wildman–Crippen MR) is 144 cm³/mol. The van der Waals surface area contributed by atoms with Crippen LogP contribution in [0.2, 0.25) is 0 Å². The summed E-state index contributed by atoms with van der Waals surface area (Å²) in [5, 5.41) is 2.95. The highest BCUT2D eigenvalue weighted by Crippen LogP contribution is 2.42. The molecule has 1 unspecified atom stereocenters. The van der Waals surface area contributed by atoms with Gasteiger partial charge >= 0.3 is 6.09 Å². The second-order valence-corrected chi connectivity index (χ2v) is 9.70. The van der Waals surface area contributed by atoms with Gasteiger partial charge in [0.15, 0.2) is 0 Å². The van der Waals surface area contributed by atoms with Crippen LogP contribution in [0.25, 0.3) is 0 Å². The van der Waals surface area contributed by atoms with Gasteiger partial charge in [0.25, 0.3) is 0 Å². The van der Waals surface area contributed by atoms with Crippen LogP contribution in [0, 0.1) is 5.41 Å². The van der Waals surface area contributed by atoms with E-state index in [4.69, 9.17) is 14.2 Å². The number of alkyl carbamates (subject to hydrolysis) is 1. The fourth-order valence-corrected chi connectivity index (χ4v) is 5.36.